The van der Waals surface area contributed by atoms with Crippen LogP contribution in [0.15, 0.2) is 29.4 Å². The summed E-state index contributed by atoms with van der Waals surface area (Å²) >= 11 is 0. The van der Waals surface area contributed by atoms with Crippen molar-refractivity contribution >= 4 is 29.7 Å². The lowest BCUT2D eigenvalue weighted by Crippen LogP contribution is -2.34. The minimum Gasteiger partial charge on any atom is -0.372 e. The highest BCUT2D eigenvalue weighted by Crippen LogP contribution is 2.22. The second-order valence-corrected chi connectivity index (χ2v) is 8.49. The molecular weight excluding hydrogens is 400 g/mol. The van der Waals surface area contributed by atoms with E-state index in [0.717, 1.165) is 56.7 Å². The van der Waals surface area contributed by atoms with Crippen LogP contribution in [0, 0.1) is 0 Å². The maximum Gasteiger partial charge on any atom is 0.250 e. The van der Waals surface area contributed by atoms with E-state index in [1.807, 2.05) is 6.21 Å². The van der Waals surface area contributed by atoms with E-state index in [4.69, 9.17) is 4.98 Å². The molecule has 1 aromatic carbocycles. The van der Waals surface area contributed by atoms with Crippen LogP contribution >= 0.6 is 0 Å². The number of hydrogen-bond acceptors (Lipinski definition) is 8. The van der Waals surface area contributed by atoms with E-state index in [0.29, 0.717) is 5.95 Å². The maximum absolute atomic E-state index is 4.82. The van der Waals surface area contributed by atoms with Gasteiger partial charge in [0.2, 0.25) is 17.8 Å². The van der Waals surface area contributed by atoms with Gasteiger partial charge in [-0.15, -0.1) is 0 Å². The Bertz CT molecular complexity index is 830. The van der Waals surface area contributed by atoms with Crippen LogP contribution in [0.1, 0.15) is 57.9 Å². The second-order valence-electron chi connectivity index (χ2n) is 8.49. The molecule has 172 valence electrons. The number of nitrogens with zero attached hydrogens (tertiary/aromatic N) is 7. The number of piperidine rings is 2. The summed E-state index contributed by atoms with van der Waals surface area (Å²) in [6, 6.07) is 8.45. The van der Waals surface area contributed by atoms with Gasteiger partial charge in [-0.1, -0.05) is 12.1 Å². The van der Waals surface area contributed by atoms with Gasteiger partial charge >= 0.3 is 0 Å². The first-order valence-corrected chi connectivity index (χ1v) is 12.2. The lowest BCUT2D eigenvalue weighted by Gasteiger charge is -2.30. The van der Waals surface area contributed by atoms with Gasteiger partial charge in [0.25, 0.3) is 0 Å². The Kier molecular flexibility index (Phi) is 7.74. The van der Waals surface area contributed by atoms with Crippen molar-refractivity contribution in [3.63, 3.8) is 0 Å². The summed E-state index contributed by atoms with van der Waals surface area (Å²) in [6.07, 6.45) is 9.14. The number of benzene rings is 1. The van der Waals surface area contributed by atoms with Crippen molar-refractivity contribution in [3.05, 3.63) is 29.8 Å². The molecule has 0 amide bonds. The van der Waals surface area contributed by atoms with Gasteiger partial charge in [0.05, 0.1) is 6.21 Å². The van der Waals surface area contributed by atoms with E-state index in [-0.39, 0.29) is 0 Å². The minimum atomic E-state index is 0.511. The summed E-state index contributed by atoms with van der Waals surface area (Å²) in [5.41, 5.74) is 5.32. The van der Waals surface area contributed by atoms with E-state index in [9.17, 15) is 0 Å². The van der Waals surface area contributed by atoms with Gasteiger partial charge in [-0.3, -0.25) is 0 Å². The summed E-state index contributed by atoms with van der Waals surface area (Å²) in [6.45, 7) is 10.4. The smallest absolute Gasteiger partial charge is 0.250 e. The number of nitrogens with one attached hydrogen (secondary N) is 1. The van der Waals surface area contributed by atoms with Crippen LogP contribution in [-0.2, 0) is 0 Å². The molecule has 1 N–H and O–H groups in total. The van der Waals surface area contributed by atoms with Crippen molar-refractivity contribution in [2.45, 2.75) is 52.4 Å². The lowest BCUT2D eigenvalue weighted by molar-refractivity contribution is 0.556. The fourth-order valence-electron chi connectivity index (χ4n) is 4.40. The molecule has 2 aromatic rings. The summed E-state index contributed by atoms with van der Waals surface area (Å²) in [7, 11) is 0. The van der Waals surface area contributed by atoms with Crippen LogP contribution in [0.5, 0.6) is 0 Å². The number of hydrogen-bond donors (Lipinski definition) is 1. The molecule has 2 aliphatic heterocycles. The summed E-state index contributed by atoms with van der Waals surface area (Å²) in [5.74, 6) is 2.04. The molecule has 0 unspecified atom stereocenters. The molecule has 32 heavy (non-hydrogen) atoms. The summed E-state index contributed by atoms with van der Waals surface area (Å²) in [4.78, 5) is 21.1. The topological polar surface area (TPSA) is 72.8 Å². The number of hydrazone groups is 1. The van der Waals surface area contributed by atoms with Gasteiger partial charge in [0.15, 0.2) is 0 Å². The van der Waals surface area contributed by atoms with Crippen LogP contribution < -0.4 is 20.1 Å². The van der Waals surface area contributed by atoms with Gasteiger partial charge in [0.1, 0.15) is 0 Å². The average molecular weight is 437 g/mol. The molecule has 3 heterocycles. The number of rotatable bonds is 8. The standard InChI is InChI=1S/C24H36N8/c1-3-30(4-2)21-13-11-20(12-14-21)19-25-29-22-26-23(31-15-7-5-8-16-31)28-24(27-22)32-17-9-6-10-18-32/h11-14,19H,3-10,15-18H2,1-2H3,(H,26,27,28,29)/b25-19+. The maximum atomic E-state index is 4.82. The first-order chi connectivity index (χ1) is 15.8. The Morgan fingerprint density at radius 3 is 1.84 bits per heavy atom. The van der Waals surface area contributed by atoms with Crippen LogP contribution in [0.4, 0.5) is 23.5 Å². The van der Waals surface area contributed by atoms with E-state index >= 15 is 0 Å². The largest absolute Gasteiger partial charge is 0.372 e. The van der Waals surface area contributed by atoms with Gasteiger partial charge in [-0.2, -0.15) is 20.1 Å². The van der Waals surface area contributed by atoms with E-state index in [1.54, 1.807) is 0 Å². The Morgan fingerprint density at radius 1 is 0.812 bits per heavy atom. The molecule has 0 saturated carbocycles. The van der Waals surface area contributed by atoms with Gasteiger partial charge < -0.3 is 14.7 Å². The molecular formula is C24H36N8. The van der Waals surface area contributed by atoms with E-state index < -0.39 is 0 Å². The molecule has 4 rings (SSSR count). The highest BCUT2D eigenvalue weighted by atomic mass is 15.4. The first-order valence-electron chi connectivity index (χ1n) is 12.2. The molecule has 2 fully saturated rings. The zero-order valence-corrected chi connectivity index (χ0v) is 19.5. The van der Waals surface area contributed by atoms with Crippen LogP contribution in [-0.4, -0.2) is 60.4 Å². The van der Waals surface area contributed by atoms with E-state index in [2.05, 4.69) is 73.3 Å². The molecule has 8 heteroatoms. The van der Waals surface area contributed by atoms with Crippen molar-refractivity contribution in [3.8, 4) is 0 Å². The molecule has 2 aliphatic rings. The highest BCUT2D eigenvalue weighted by molar-refractivity contribution is 5.80. The fraction of sp³-hybridized carbons (Fsp3) is 0.583. The van der Waals surface area contributed by atoms with Crippen LogP contribution in [0.3, 0.4) is 0 Å². The molecule has 1 aromatic heterocycles. The zero-order chi connectivity index (χ0) is 22.2. The fourth-order valence-corrected chi connectivity index (χ4v) is 4.40. The molecule has 0 atom stereocenters. The van der Waals surface area contributed by atoms with Crippen molar-refractivity contribution in [2.75, 3.05) is 59.4 Å². The quantitative estimate of drug-likeness (QED) is 0.492. The Morgan fingerprint density at radius 2 is 1.34 bits per heavy atom. The third-order valence-electron chi connectivity index (χ3n) is 6.29. The molecule has 2 saturated heterocycles. The molecule has 8 nitrogen and oxygen atoms in total. The van der Waals surface area contributed by atoms with Gasteiger partial charge in [-0.05, 0) is 70.1 Å². The third-order valence-corrected chi connectivity index (χ3v) is 6.29. The number of aromatic nitrogens is 3. The Labute approximate surface area is 191 Å². The summed E-state index contributed by atoms with van der Waals surface area (Å²) < 4.78 is 0. The minimum absolute atomic E-state index is 0.511. The number of anilines is 4. The van der Waals surface area contributed by atoms with Crippen molar-refractivity contribution < 1.29 is 0 Å². The Hall–Kier alpha value is -2.90. The SMILES string of the molecule is CCN(CC)c1ccc(/C=N/Nc2nc(N3CCCCC3)nc(N3CCCCC3)n2)cc1. The first kappa shape index (κ1) is 22.3. The van der Waals surface area contributed by atoms with Crippen molar-refractivity contribution in [1.29, 1.82) is 0 Å². The second kappa shape index (κ2) is 11.1. The molecule has 0 aliphatic carbocycles. The van der Waals surface area contributed by atoms with Crippen molar-refractivity contribution in [1.82, 2.24) is 15.0 Å². The Balaban J connectivity index is 1.49. The predicted octanol–water partition coefficient (Wildman–Crippen LogP) is 4.14. The molecule has 0 spiro atoms. The lowest BCUT2D eigenvalue weighted by atomic mass is 10.1. The highest BCUT2D eigenvalue weighted by Gasteiger charge is 2.20. The zero-order valence-electron chi connectivity index (χ0n) is 19.5. The normalized spacial score (nSPS) is 17.1. The predicted molar refractivity (Wildman–Crippen MR) is 133 cm³/mol. The van der Waals surface area contributed by atoms with E-state index in [1.165, 1.54) is 44.2 Å². The third kappa shape index (κ3) is 5.66. The van der Waals surface area contributed by atoms with Crippen molar-refractivity contribution in [2.24, 2.45) is 5.10 Å². The van der Waals surface area contributed by atoms with Crippen LogP contribution in [0.25, 0.3) is 0 Å². The van der Waals surface area contributed by atoms with Crippen LogP contribution in [0.2, 0.25) is 0 Å². The molecule has 0 bridgehead atoms. The van der Waals surface area contributed by atoms with Gasteiger partial charge in [-0.25, -0.2) is 5.43 Å². The van der Waals surface area contributed by atoms with Gasteiger partial charge in [0, 0.05) is 45.0 Å². The monoisotopic (exact) mass is 436 g/mol. The average Bonchev–Trinajstić information content (AvgIpc) is 2.86. The molecule has 0 radical (unpaired) electrons. The summed E-state index contributed by atoms with van der Waals surface area (Å²) in [5, 5.41) is 4.42.